The van der Waals surface area contributed by atoms with Crippen molar-refractivity contribution in [3.63, 3.8) is 0 Å². The quantitative estimate of drug-likeness (QED) is 0.764. The molecule has 0 aliphatic carbocycles. The first kappa shape index (κ1) is 10.5. The molecule has 0 radical (unpaired) electrons. The summed E-state index contributed by atoms with van der Waals surface area (Å²) in [6, 6.07) is 6.07. The molecule has 86 valence electrons. The van der Waals surface area contributed by atoms with Gasteiger partial charge in [-0.2, -0.15) is 0 Å². The average molecular weight is 245 g/mol. The summed E-state index contributed by atoms with van der Waals surface area (Å²) in [6.07, 6.45) is 2.60. The molecule has 0 amide bonds. The topological polar surface area (TPSA) is 39.2 Å². The van der Waals surface area contributed by atoms with Crippen molar-refractivity contribution in [2.45, 2.75) is 13.3 Å². The van der Waals surface area contributed by atoms with Gasteiger partial charge in [-0.05, 0) is 23.8 Å². The van der Waals surface area contributed by atoms with Gasteiger partial charge in [0.05, 0.1) is 11.5 Å². The van der Waals surface area contributed by atoms with Crippen LogP contribution in [0, 0.1) is 0 Å². The van der Waals surface area contributed by atoms with E-state index in [0.717, 1.165) is 29.3 Å². The Labute approximate surface area is 103 Å². The molecule has 0 bridgehead atoms. The first-order valence-corrected chi connectivity index (χ1v) is 6.28. The van der Waals surface area contributed by atoms with E-state index in [1.165, 1.54) is 16.9 Å². The van der Waals surface area contributed by atoms with Gasteiger partial charge in [0.2, 0.25) is 0 Å². The van der Waals surface area contributed by atoms with Gasteiger partial charge in [-0.3, -0.25) is 4.79 Å². The highest BCUT2D eigenvalue weighted by Gasteiger charge is 2.14. The molecule has 3 nitrogen and oxygen atoms in total. The van der Waals surface area contributed by atoms with Gasteiger partial charge >= 0.3 is 0 Å². The number of carbonyl (C=O) groups is 1. The molecule has 0 unspecified atom stereocenters. The molecule has 1 aromatic carbocycles. The SMILES string of the molecule is CC(=O)c1cnc(-c2ccc3c(c2)CCO3)s1. The van der Waals surface area contributed by atoms with Crippen LogP contribution in [-0.4, -0.2) is 17.4 Å². The van der Waals surface area contributed by atoms with Crippen molar-refractivity contribution in [3.05, 3.63) is 34.8 Å². The normalized spacial score (nSPS) is 13.2. The van der Waals surface area contributed by atoms with Gasteiger partial charge < -0.3 is 4.74 Å². The number of rotatable bonds is 2. The lowest BCUT2D eigenvalue weighted by atomic mass is 10.1. The van der Waals surface area contributed by atoms with Crippen molar-refractivity contribution in [3.8, 4) is 16.3 Å². The maximum absolute atomic E-state index is 11.2. The van der Waals surface area contributed by atoms with Crippen molar-refractivity contribution < 1.29 is 9.53 Å². The van der Waals surface area contributed by atoms with Crippen molar-refractivity contribution in [2.24, 2.45) is 0 Å². The summed E-state index contributed by atoms with van der Waals surface area (Å²) in [6.45, 7) is 2.32. The Morgan fingerprint density at radius 1 is 1.47 bits per heavy atom. The number of aromatic nitrogens is 1. The fourth-order valence-electron chi connectivity index (χ4n) is 1.89. The molecule has 0 fully saturated rings. The van der Waals surface area contributed by atoms with Crippen LogP contribution in [0.15, 0.2) is 24.4 Å². The van der Waals surface area contributed by atoms with E-state index in [1.54, 1.807) is 13.1 Å². The van der Waals surface area contributed by atoms with Crippen LogP contribution in [0.25, 0.3) is 10.6 Å². The third kappa shape index (κ3) is 1.85. The zero-order valence-corrected chi connectivity index (χ0v) is 10.2. The van der Waals surface area contributed by atoms with Crippen LogP contribution in [0.3, 0.4) is 0 Å². The Kier molecular flexibility index (Phi) is 2.44. The van der Waals surface area contributed by atoms with Crippen LogP contribution in [0.1, 0.15) is 22.2 Å². The first-order valence-electron chi connectivity index (χ1n) is 5.47. The van der Waals surface area contributed by atoms with E-state index in [-0.39, 0.29) is 5.78 Å². The Hall–Kier alpha value is -1.68. The van der Waals surface area contributed by atoms with Gasteiger partial charge in [0.25, 0.3) is 0 Å². The van der Waals surface area contributed by atoms with Crippen molar-refractivity contribution in [1.29, 1.82) is 0 Å². The average Bonchev–Trinajstić information content (AvgIpc) is 2.97. The van der Waals surface area contributed by atoms with Gasteiger partial charge in [-0.1, -0.05) is 0 Å². The van der Waals surface area contributed by atoms with E-state index in [0.29, 0.717) is 4.88 Å². The number of hydrogen-bond donors (Lipinski definition) is 0. The van der Waals surface area contributed by atoms with Gasteiger partial charge in [0.15, 0.2) is 5.78 Å². The van der Waals surface area contributed by atoms with Crippen molar-refractivity contribution in [2.75, 3.05) is 6.61 Å². The molecule has 17 heavy (non-hydrogen) atoms. The third-order valence-electron chi connectivity index (χ3n) is 2.79. The Bertz CT molecular complexity index is 589. The number of fused-ring (bicyclic) bond motifs is 1. The fraction of sp³-hybridized carbons (Fsp3) is 0.231. The van der Waals surface area contributed by atoms with Gasteiger partial charge in [-0.15, -0.1) is 11.3 Å². The maximum atomic E-state index is 11.2. The van der Waals surface area contributed by atoms with Crippen molar-refractivity contribution >= 4 is 17.1 Å². The zero-order valence-electron chi connectivity index (χ0n) is 9.40. The largest absolute Gasteiger partial charge is 0.493 e. The molecule has 0 atom stereocenters. The van der Waals surface area contributed by atoms with Crippen molar-refractivity contribution in [1.82, 2.24) is 4.98 Å². The lowest BCUT2D eigenvalue weighted by Crippen LogP contribution is -1.85. The number of ketones is 1. The molecule has 2 aromatic rings. The van der Waals surface area contributed by atoms with E-state index in [2.05, 4.69) is 11.1 Å². The van der Waals surface area contributed by atoms with Gasteiger partial charge in [0, 0.05) is 25.1 Å². The minimum Gasteiger partial charge on any atom is -0.493 e. The van der Waals surface area contributed by atoms with Gasteiger partial charge in [0.1, 0.15) is 10.8 Å². The third-order valence-corrected chi connectivity index (χ3v) is 3.94. The van der Waals surface area contributed by atoms with Crippen LogP contribution in [0.4, 0.5) is 0 Å². The summed E-state index contributed by atoms with van der Waals surface area (Å²) in [5.74, 6) is 1.04. The second-order valence-corrected chi connectivity index (χ2v) is 5.04. The lowest BCUT2D eigenvalue weighted by molar-refractivity contribution is 0.102. The highest BCUT2D eigenvalue weighted by atomic mass is 32.1. The molecular formula is C13H11NO2S. The smallest absolute Gasteiger partial charge is 0.171 e. The van der Waals surface area contributed by atoms with E-state index >= 15 is 0 Å². The number of hydrogen-bond acceptors (Lipinski definition) is 4. The number of nitrogens with zero attached hydrogens (tertiary/aromatic N) is 1. The predicted molar refractivity (Wildman–Crippen MR) is 66.8 cm³/mol. The minimum atomic E-state index is 0.0678. The van der Waals surface area contributed by atoms with Crippen LogP contribution in [0.5, 0.6) is 5.75 Å². The second-order valence-electron chi connectivity index (χ2n) is 4.01. The number of carbonyl (C=O) groups excluding carboxylic acids is 1. The van der Waals surface area contributed by atoms with Crippen LogP contribution < -0.4 is 4.74 Å². The fourth-order valence-corrected chi connectivity index (χ4v) is 2.70. The number of ether oxygens (including phenoxy) is 1. The molecule has 0 N–H and O–H groups in total. The highest BCUT2D eigenvalue weighted by Crippen LogP contribution is 2.32. The molecule has 0 saturated heterocycles. The summed E-state index contributed by atoms with van der Waals surface area (Å²) in [4.78, 5) is 16.2. The molecule has 4 heteroatoms. The van der Waals surface area contributed by atoms with E-state index < -0.39 is 0 Å². The molecule has 0 saturated carbocycles. The Morgan fingerprint density at radius 3 is 3.12 bits per heavy atom. The molecule has 1 aromatic heterocycles. The summed E-state index contributed by atoms with van der Waals surface area (Å²) < 4.78 is 5.46. The number of Topliss-reactive ketones (excluding diaryl/α,β-unsaturated/α-hetero) is 1. The standard InChI is InChI=1S/C13H11NO2S/c1-8(15)12-7-14-13(17-12)10-2-3-11-9(6-10)4-5-16-11/h2-3,6-7H,4-5H2,1H3. The second kappa shape index (κ2) is 3.96. The van der Waals surface area contributed by atoms with E-state index in [1.807, 2.05) is 12.1 Å². The molecule has 3 rings (SSSR count). The lowest BCUT2D eigenvalue weighted by Gasteiger charge is -2.00. The number of thiazole rings is 1. The molecule has 1 aliphatic rings. The zero-order chi connectivity index (χ0) is 11.8. The van der Waals surface area contributed by atoms with Gasteiger partial charge in [-0.25, -0.2) is 4.98 Å². The maximum Gasteiger partial charge on any atom is 0.171 e. The molecular weight excluding hydrogens is 234 g/mol. The van der Waals surface area contributed by atoms with E-state index in [4.69, 9.17) is 4.74 Å². The monoisotopic (exact) mass is 245 g/mol. The minimum absolute atomic E-state index is 0.0678. The van der Waals surface area contributed by atoms with E-state index in [9.17, 15) is 4.79 Å². The van der Waals surface area contributed by atoms with Crippen LogP contribution in [-0.2, 0) is 6.42 Å². The summed E-state index contributed by atoms with van der Waals surface area (Å²) >= 11 is 1.44. The summed E-state index contributed by atoms with van der Waals surface area (Å²) in [5.41, 5.74) is 2.29. The summed E-state index contributed by atoms with van der Waals surface area (Å²) in [5, 5.41) is 0.893. The Morgan fingerprint density at radius 2 is 2.35 bits per heavy atom. The first-order chi connectivity index (χ1) is 8.24. The molecule has 0 spiro atoms. The molecule has 1 aliphatic heterocycles. The predicted octanol–water partition coefficient (Wildman–Crippen LogP) is 2.95. The highest BCUT2D eigenvalue weighted by molar-refractivity contribution is 7.16. The van der Waals surface area contributed by atoms with Crippen LogP contribution in [0.2, 0.25) is 0 Å². The molecule has 2 heterocycles. The number of benzene rings is 1. The Balaban J connectivity index is 2.00. The van der Waals surface area contributed by atoms with Crippen LogP contribution >= 0.6 is 11.3 Å². The summed E-state index contributed by atoms with van der Waals surface area (Å²) in [7, 11) is 0.